The highest BCUT2D eigenvalue weighted by Crippen LogP contribution is 2.29. The van der Waals surface area contributed by atoms with Gasteiger partial charge >= 0.3 is 0 Å². The van der Waals surface area contributed by atoms with Gasteiger partial charge in [-0.1, -0.05) is 13.8 Å². The predicted octanol–water partition coefficient (Wildman–Crippen LogP) is 1.19. The van der Waals surface area contributed by atoms with Gasteiger partial charge in [0.1, 0.15) is 17.2 Å². The zero-order valence-electron chi connectivity index (χ0n) is 13.0. The molecule has 2 heterocycles. The maximum Gasteiger partial charge on any atom is 0.245 e. The molecule has 1 saturated heterocycles. The number of aromatic nitrogens is 2. The second kappa shape index (κ2) is 5.68. The van der Waals surface area contributed by atoms with Crippen molar-refractivity contribution in [1.29, 1.82) is 5.26 Å². The molecule has 21 heavy (non-hydrogen) atoms. The normalized spacial score (nSPS) is 17.3. The fourth-order valence-electron chi connectivity index (χ4n) is 2.74. The van der Waals surface area contributed by atoms with Gasteiger partial charge in [-0.3, -0.25) is 4.79 Å². The Morgan fingerprint density at radius 3 is 2.62 bits per heavy atom. The average Bonchev–Trinajstić information content (AvgIpc) is 2.48. The lowest BCUT2D eigenvalue weighted by Crippen LogP contribution is -2.62. The summed E-state index contributed by atoms with van der Waals surface area (Å²) in [5.41, 5.74) is 1.60. The molecule has 1 aliphatic heterocycles. The highest BCUT2D eigenvalue weighted by molar-refractivity contribution is 5.90. The van der Waals surface area contributed by atoms with Gasteiger partial charge in [0.2, 0.25) is 5.91 Å². The van der Waals surface area contributed by atoms with Crippen LogP contribution in [0.5, 0.6) is 0 Å². The Labute approximate surface area is 125 Å². The monoisotopic (exact) mass is 287 g/mol. The highest BCUT2D eigenvalue weighted by atomic mass is 16.2. The highest BCUT2D eigenvalue weighted by Gasteiger charge is 2.40. The summed E-state index contributed by atoms with van der Waals surface area (Å²) in [5.74, 6) is 0.462. The number of anilines is 1. The van der Waals surface area contributed by atoms with E-state index in [4.69, 9.17) is 0 Å². The number of hydrogen-bond donors (Lipinski definition) is 1. The quantitative estimate of drug-likeness (QED) is 0.903. The van der Waals surface area contributed by atoms with Crippen molar-refractivity contribution in [2.75, 3.05) is 18.0 Å². The van der Waals surface area contributed by atoms with E-state index in [0.717, 1.165) is 24.1 Å². The molecule has 1 aromatic rings. The van der Waals surface area contributed by atoms with Crippen LogP contribution >= 0.6 is 0 Å². The van der Waals surface area contributed by atoms with Crippen molar-refractivity contribution in [3.63, 3.8) is 0 Å². The number of aryl methyl sites for hydroxylation is 1. The Morgan fingerprint density at radius 2 is 2.05 bits per heavy atom. The first-order valence-corrected chi connectivity index (χ1v) is 7.31. The van der Waals surface area contributed by atoms with Crippen LogP contribution in [0, 0.1) is 11.3 Å². The van der Waals surface area contributed by atoms with Crippen LogP contribution in [0.1, 0.15) is 44.5 Å². The number of nitriles is 1. The standard InChI is InChI=1S/C15H21N5O/c1-5-10-11(9-16)13(19-18-12(10)6-2)20-8-7-17-14(21)15(20,3)4/h5-8H2,1-4H3,(H,17,21). The third-order valence-corrected chi connectivity index (χ3v) is 4.05. The van der Waals surface area contributed by atoms with Gasteiger partial charge in [0.05, 0.1) is 5.69 Å². The van der Waals surface area contributed by atoms with E-state index in [-0.39, 0.29) is 5.91 Å². The van der Waals surface area contributed by atoms with Gasteiger partial charge in [0.15, 0.2) is 5.82 Å². The maximum absolute atomic E-state index is 12.1. The number of nitrogens with zero attached hydrogens (tertiary/aromatic N) is 4. The molecule has 0 spiro atoms. The summed E-state index contributed by atoms with van der Waals surface area (Å²) >= 11 is 0. The van der Waals surface area contributed by atoms with E-state index in [0.29, 0.717) is 24.5 Å². The van der Waals surface area contributed by atoms with Crippen LogP contribution in [0.3, 0.4) is 0 Å². The van der Waals surface area contributed by atoms with Crippen molar-refractivity contribution in [2.45, 2.75) is 46.1 Å². The van der Waals surface area contributed by atoms with E-state index < -0.39 is 5.54 Å². The zero-order chi connectivity index (χ0) is 15.6. The van der Waals surface area contributed by atoms with Gasteiger partial charge in [0.25, 0.3) is 0 Å². The number of rotatable bonds is 3. The summed E-state index contributed by atoms with van der Waals surface area (Å²) in [4.78, 5) is 14.0. The molecule has 0 atom stereocenters. The van der Waals surface area contributed by atoms with Gasteiger partial charge in [0, 0.05) is 13.1 Å². The van der Waals surface area contributed by atoms with Crippen LogP contribution in [0.4, 0.5) is 5.82 Å². The third kappa shape index (κ3) is 2.44. The Balaban J connectivity index is 2.59. The summed E-state index contributed by atoms with van der Waals surface area (Å²) in [6.45, 7) is 8.85. The number of piperazine rings is 1. The van der Waals surface area contributed by atoms with Gasteiger partial charge in [-0.15, -0.1) is 5.10 Å². The van der Waals surface area contributed by atoms with Crippen LogP contribution < -0.4 is 10.2 Å². The van der Waals surface area contributed by atoms with E-state index >= 15 is 0 Å². The summed E-state index contributed by atoms with van der Waals surface area (Å²) < 4.78 is 0. The van der Waals surface area contributed by atoms with Crippen molar-refractivity contribution >= 4 is 11.7 Å². The predicted molar refractivity (Wildman–Crippen MR) is 79.9 cm³/mol. The molecule has 1 aromatic heterocycles. The van der Waals surface area contributed by atoms with Crippen molar-refractivity contribution in [3.05, 3.63) is 16.8 Å². The summed E-state index contributed by atoms with van der Waals surface area (Å²) in [7, 11) is 0. The first-order chi connectivity index (χ1) is 9.97. The van der Waals surface area contributed by atoms with Gasteiger partial charge < -0.3 is 10.2 Å². The lowest BCUT2D eigenvalue weighted by atomic mass is 9.96. The van der Waals surface area contributed by atoms with E-state index in [9.17, 15) is 10.1 Å². The minimum absolute atomic E-state index is 0.0583. The summed E-state index contributed by atoms with van der Waals surface area (Å²) in [6.07, 6.45) is 1.48. The molecule has 0 saturated carbocycles. The van der Waals surface area contributed by atoms with Crippen molar-refractivity contribution in [1.82, 2.24) is 15.5 Å². The van der Waals surface area contributed by atoms with Crippen molar-refractivity contribution in [3.8, 4) is 6.07 Å². The molecule has 6 nitrogen and oxygen atoms in total. The number of carbonyl (C=O) groups is 1. The molecule has 0 unspecified atom stereocenters. The molecular weight excluding hydrogens is 266 g/mol. The molecule has 1 aliphatic rings. The molecule has 0 bridgehead atoms. The molecule has 1 N–H and O–H groups in total. The number of hydrogen-bond acceptors (Lipinski definition) is 5. The summed E-state index contributed by atoms with van der Waals surface area (Å²) in [6, 6.07) is 2.26. The molecule has 6 heteroatoms. The fourth-order valence-corrected chi connectivity index (χ4v) is 2.74. The Morgan fingerprint density at radius 1 is 1.33 bits per heavy atom. The third-order valence-electron chi connectivity index (χ3n) is 4.05. The molecule has 112 valence electrons. The minimum Gasteiger partial charge on any atom is -0.352 e. The first kappa shape index (κ1) is 15.2. The average molecular weight is 287 g/mol. The SMILES string of the molecule is CCc1nnc(N2CCNC(=O)C2(C)C)c(C#N)c1CC. The largest absolute Gasteiger partial charge is 0.352 e. The molecular formula is C15H21N5O. The topological polar surface area (TPSA) is 81.9 Å². The van der Waals surface area contributed by atoms with Gasteiger partial charge in [-0.05, 0) is 32.3 Å². The van der Waals surface area contributed by atoms with E-state index in [1.807, 2.05) is 32.6 Å². The number of nitrogens with one attached hydrogen (secondary N) is 1. The van der Waals surface area contributed by atoms with Crippen LogP contribution in [0.15, 0.2) is 0 Å². The number of carbonyl (C=O) groups excluding carboxylic acids is 1. The first-order valence-electron chi connectivity index (χ1n) is 7.31. The maximum atomic E-state index is 12.1. The van der Waals surface area contributed by atoms with E-state index in [1.54, 1.807) is 0 Å². The van der Waals surface area contributed by atoms with Crippen LogP contribution in [0.25, 0.3) is 0 Å². The van der Waals surface area contributed by atoms with Crippen LogP contribution in [0.2, 0.25) is 0 Å². The van der Waals surface area contributed by atoms with Gasteiger partial charge in [-0.25, -0.2) is 0 Å². The van der Waals surface area contributed by atoms with Crippen LogP contribution in [-0.2, 0) is 17.6 Å². The summed E-state index contributed by atoms with van der Waals surface area (Å²) in [5, 5.41) is 20.9. The van der Waals surface area contributed by atoms with Crippen molar-refractivity contribution in [2.24, 2.45) is 0 Å². The smallest absolute Gasteiger partial charge is 0.245 e. The lowest BCUT2D eigenvalue weighted by Gasteiger charge is -2.42. The Hall–Kier alpha value is -2.16. The second-order valence-corrected chi connectivity index (χ2v) is 5.61. The molecule has 2 rings (SSSR count). The number of amides is 1. The fraction of sp³-hybridized carbons (Fsp3) is 0.600. The van der Waals surface area contributed by atoms with Gasteiger partial charge in [-0.2, -0.15) is 10.4 Å². The minimum atomic E-state index is -0.739. The molecule has 0 aromatic carbocycles. The zero-order valence-corrected chi connectivity index (χ0v) is 13.0. The van der Waals surface area contributed by atoms with Crippen molar-refractivity contribution < 1.29 is 4.79 Å². The molecule has 1 fully saturated rings. The lowest BCUT2D eigenvalue weighted by molar-refractivity contribution is -0.126. The van der Waals surface area contributed by atoms with E-state index in [1.165, 1.54) is 0 Å². The molecule has 0 radical (unpaired) electrons. The van der Waals surface area contributed by atoms with Crippen LogP contribution in [-0.4, -0.2) is 34.7 Å². The Kier molecular flexibility index (Phi) is 4.12. The second-order valence-electron chi connectivity index (χ2n) is 5.61. The van der Waals surface area contributed by atoms with E-state index in [2.05, 4.69) is 21.6 Å². The molecule has 0 aliphatic carbocycles. The molecule has 1 amide bonds. The Bertz CT molecular complexity index is 603.